The molecule has 1 N–H and O–H groups in total. The van der Waals surface area contributed by atoms with Crippen molar-refractivity contribution < 1.29 is 4.79 Å². The molecular formula is C24H34N4O. The molecule has 4 rings (SSSR count). The van der Waals surface area contributed by atoms with Crippen LogP contribution in [-0.4, -0.2) is 58.1 Å². The number of aryl methyl sites for hydroxylation is 2. The molecule has 1 aromatic heterocycles. The van der Waals surface area contributed by atoms with E-state index in [0.29, 0.717) is 24.3 Å². The van der Waals surface area contributed by atoms with E-state index in [0.717, 1.165) is 63.3 Å². The Labute approximate surface area is 174 Å². The van der Waals surface area contributed by atoms with Gasteiger partial charge in [0.2, 0.25) is 5.91 Å². The number of likely N-dealkylation sites (tertiary alicyclic amines) is 2. The standard InChI is InChI=1S/C24H34N4O/c1-18-22(19(2)26-25-18)10-11-24(29)28-14-6-9-21-17-27(16-13-23(21)28)15-12-20-7-4-3-5-8-20/h3-5,7-8,21,23H,6,9-17H2,1-2H3,(H,25,26)/t21-,23+/m1/s1. The van der Waals surface area contributed by atoms with Crippen LogP contribution in [-0.2, 0) is 17.6 Å². The van der Waals surface area contributed by atoms with E-state index in [1.165, 1.54) is 17.5 Å². The third kappa shape index (κ3) is 4.72. The summed E-state index contributed by atoms with van der Waals surface area (Å²) in [5, 5.41) is 7.30. The van der Waals surface area contributed by atoms with E-state index < -0.39 is 0 Å². The number of aromatic nitrogens is 2. The van der Waals surface area contributed by atoms with Gasteiger partial charge in [0.15, 0.2) is 0 Å². The van der Waals surface area contributed by atoms with E-state index in [9.17, 15) is 4.79 Å². The van der Waals surface area contributed by atoms with Gasteiger partial charge in [0.25, 0.3) is 0 Å². The number of hydrogen-bond donors (Lipinski definition) is 1. The zero-order valence-corrected chi connectivity index (χ0v) is 17.9. The molecule has 2 aliphatic heterocycles. The molecule has 1 amide bonds. The van der Waals surface area contributed by atoms with Gasteiger partial charge in [-0.25, -0.2) is 0 Å². The van der Waals surface area contributed by atoms with Crippen LogP contribution in [0, 0.1) is 19.8 Å². The number of carbonyl (C=O) groups excluding carboxylic acids is 1. The number of piperidine rings is 2. The largest absolute Gasteiger partial charge is 0.339 e. The van der Waals surface area contributed by atoms with Crippen LogP contribution in [0.25, 0.3) is 0 Å². The Balaban J connectivity index is 1.30. The van der Waals surface area contributed by atoms with Gasteiger partial charge in [0.1, 0.15) is 0 Å². The molecule has 2 aliphatic rings. The molecule has 5 nitrogen and oxygen atoms in total. The van der Waals surface area contributed by atoms with E-state index in [2.05, 4.69) is 50.3 Å². The van der Waals surface area contributed by atoms with Crippen molar-refractivity contribution >= 4 is 5.91 Å². The Bertz CT molecular complexity index is 796. The average Bonchev–Trinajstić information content (AvgIpc) is 3.08. The molecule has 0 bridgehead atoms. The summed E-state index contributed by atoms with van der Waals surface area (Å²) in [7, 11) is 0. The molecule has 0 radical (unpaired) electrons. The Morgan fingerprint density at radius 3 is 2.72 bits per heavy atom. The number of hydrogen-bond acceptors (Lipinski definition) is 3. The number of amides is 1. The van der Waals surface area contributed by atoms with Crippen LogP contribution < -0.4 is 0 Å². The Kier molecular flexibility index (Phi) is 6.34. The topological polar surface area (TPSA) is 52.2 Å². The van der Waals surface area contributed by atoms with Crippen molar-refractivity contribution in [2.24, 2.45) is 5.92 Å². The molecule has 2 aromatic rings. The van der Waals surface area contributed by atoms with Crippen LogP contribution >= 0.6 is 0 Å². The molecule has 1 aromatic carbocycles. The minimum Gasteiger partial charge on any atom is -0.339 e. The normalized spacial score (nSPS) is 22.5. The SMILES string of the molecule is Cc1n[nH]c(C)c1CCC(=O)N1CCC[C@@H]2CN(CCc3ccccc3)CC[C@@H]21. The van der Waals surface area contributed by atoms with Crippen molar-refractivity contribution in [1.29, 1.82) is 0 Å². The molecule has 2 saturated heterocycles. The summed E-state index contributed by atoms with van der Waals surface area (Å²) in [6.45, 7) is 8.37. The minimum atomic E-state index is 0.331. The lowest BCUT2D eigenvalue weighted by molar-refractivity contribution is -0.138. The van der Waals surface area contributed by atoms with E-state index >= 15 is 0 Å². The van der Waals surface area contributed by atoms with Gasteiger partial charge in [-0.3, -0.25) is 9.89 Å². The van der Waals surface area contributed by atoms with E-state index in [-0.39, 0.29) is 0 Å². The van der Waals surface area contributed by atoms with Crippen LogP contribution in [0.2, 0.25) is 0 Å². The maximum Gasteiger partial charge on any atom is 0.223 e. The second kappa shape index (κ2) is 9.12. The predicted octanol–water partition coefficient (Wildman–Crippen LogP) is 3.51. The highest BCUT2D eigenvalue weighted by Gasteiger charge is 2.37. The van der Waals surface area contributed by atoms with Gasteiger partial charge >= 0.3 is 0 Å². The van der Waals surface area contributed by atoms with Gasteiger partial charge in [-0.1, -0.05) is 30.3 Å². The lowest BCUT2D eigenvalue weighted by Crippen LogP contribution is -2.56. The fourth-order valence-corrected chi connectivity index (χ4v) is 5.24. The number of aromatic amines is 1. The molecule has 2 fully saturated rings. The molecule has 29 heavy (non-hydrogen) atoms. The summed E-state index contributed by atoms with van der Waals surface area (Å²) < 4.78 is 0. The number of rotatable bonds is 6. The first kappa shape index (κ1) is 20.1. The molecule has 0 aliphatic carbocycles. The van der Waals surface area contributed by atoms with Crippen LogP contribution in [0.15, 0.2) is 30.3 Å². The van der Waals surface area contributed by atoms with E-state index in [1.807, 2.05) is 13.8 Å². The zero-order valence-electron chi connectivity index (χ0n) is 17.9. The number of fused-ring (bicyclic) bond motifs is 1. The molecule has 5 heteroatoms. The molecule has 0 saturated carbocycles. The maximum absolute atomic E-state index is 13.0. The molecular weight excluding hydrogens is 360 g/mol. The number of benzene rings is 1. The Hall–Kier alpha value is -2.14. The predicted molar refractivity (Wildman–Crippen MR) is 116 cm³/mol. The second-order valence-corrected chi connectivity index (χ2v) is 8.79. The number of carbonyl (C=O) groups is 1. The summed E-state index contributed by atoms with van der Waals surface area (Å²) in [6.07, 6.45) is 6.03. The van der Waals surface area contributed by atoms with Gasteiger partial charge in [0, 0.05) is 44.3 Å². The number of H-pyrrole nitrogens is 1. The molecule has 3 heterocycles. The van der Waals surface area contributed by atoms with Gasteiger partial charge in [-0.15, -0.1) is 0 Å². The zero-order chi connectivity index (χ0) is 20.2. The van der Waals surface area contributed by atoms with Crippen molar-refractivity contribution in [3.63, 3.8) is 0 Å². The molecule has 0 spiro atoms. The quantitative estimate of drug-likeness (QED) is 0.816. The monoisotopic (exact) mass is 394 g/mol. The van der Waals surface area contributed by atoms with Crippen LogP contribution in [0.5, 0.6) is 0 Å². The van der Waals surface area contributed by atoms with Crippen molar-refractivity contribution in [2.75, 3.05) is 26.2 Å². The molecule has 0 unspecified atom stereocenters. The first-order chi connectivity index (χ1) is 14.1. The summed E-state index contributed by atoms with van der Waals surface area (Å²) in [5.74, 6) is 0.965. The first-order valence-electron chi connectivity index (χ1n) is 11.2. The third-order valence-electron chi connectivity index (χ3n) is 6.90. The van der Waals surface area contributed by atoms with E-state index in [4.69, 9.17) is 0 Å². The smallest absolute Gasteiger partial charge is 0.223 e. The van der Waals surface area contributed by atoms with E-state index in [1.54, 1.807) is 0 Å². The third-order valence-corrected chi connectivity index (χ3v) is 6.90. The van der Waals surface area contributed by atoms with Gasteiger partial charge in [0.05, 0.1) is 5.69 Å². The summed E-state index contributed by atoms with van der Waals surface area (Å²) in [4.78, 5) is 17.9. The summed E-state index contributed by atoms with van der Waals surface area (Å²) >= 11 is 0. The fraction of sp³-hybridized carbons (Fsp3) is 0.583. The lowest BCUT2D eigenvalue weighted by atomic mass is 9.83. The van der Waals surface area contributed by atoms with Crippen molar-refractivity contribution in [1.82, 2.24) is 20.0 Å². The highest BCUT2D eigenvalue weighted by molar-refractivity contribution is 5.77. The fourth-order valence-electron chi connectivity index (χ4n) is 5.24. The number of nitrogens with one attached hydrogen (secondary N) is 1. The van der Waals surface area contributed by atoms with Crippen molar-refractivity contribution in [3.05, 3.63) is 52.8 Å². The van der Waals surface area contributed by atoms with Crippen LogP contribution in [0.3, 0.4) is 0 Å². The van der Waals surface area contributed by atoms with Crippen molar-refractivity contribution in [3.8, 4) is 0 Å². The highest BCUT2D eigenvalue weighted by atomic mass is 16.2. The van der Waals surface area contributed by atoms with Crippen molar-refractivity contribution in [2.45, 2.75) is 58.4 Å². The Morgan fingerprint density at radius 2 is 1.97 bits per heavy atom. The van der Waals surface area contributed by atoms with Gasteiger partial charge < -0.3 is 9.80 Å². The second-order valence-electron chi connectivity index (χ2n) is 8.79. The summed E-state index contributed by atoms with van der Waals surface area (Å²) in [5.41, 5.74) is 4.75. The van der Waals surface area contributed by atoms with Gasteiger partial charge in [-0.2, -0.15) is 5.10 Å². The molecule has 156 valence electrons. The highest BCUT2D eigenvalue weighted by Crippen LogP contribution is 2.31. The summed E-state index contributed by atoms with van der Waals surface area (Å²) in [6, 6.07) is 11.2. The maximum atomic E-state index is 13.0. The average molecular weight is 395 g/mol. The Morgan fingerprint density at radius 1 is 1.14 bits per heavy atom. The van der Waals surface area contributed by atoms with Crippen LogP contribution in [0.1, 0.15) is 48.2 Å². The minimum absolute atomic E-state index is 0.331. The lowest BCUT2D eigenvalue weighted by Gasteiger charge is -2.47. The number of nitrogens with zero attached hydrogens (tertiary/aromatic N) is 3. The molecule has 2 atom stereocenters. The van der Waals surface area contributed by atoms with Gasteiger partial charge in [-0.05, 0) is 63.0 Å². The first-order valence-corrected chi connectivity index (χ1v) is 11.2. The van der Waals surface area contributed by atoms with Crippen LogP contribution in [0.4, 0.5) is 0 Å².